The maximum atomic E-state index is 12.2. The predicted octanol–water partition coefficient (Wildman–Crippen LogP) is 1.80. The summed E-state index contributed by atoms with van der Waals surface area (Å²) in [5, 5.41) is 5.24. The fourth-order valence-corrected chi connectivity index (χ4v) is 1.63. The molecule has 0 aromatic carbocycles. The predicted molar refractivity (Wildman–Crippen MR) is 78.2 cm³/mol. The van der Waals surface area contributed by atoms with E-state index < -0.39 is 12.1 Å². The van der Waals surface area contributed by atoms with Gasteiger partial charge in [0.15, 0.2) is 0 Å². The number of hydrogen-bond acceptors (Lipinski definition) is 5. The Balaban J connectivity index is 2.69. The normalized spacial score (nSPS) is 11.7. The van der Waals surface area contributed by atoms with E-state index in [0.717, 1.165) is 0 Å². The van der Waals surface area contributed by atoms with Crippen molar-refractivity contribution in [1.29, 1.82) is 0 Å². The van der Waals surface area contributed by atoms with Crippen molar-refractivity contribution in [2.75, 3.05) is 19.0 Å². The Morgan fingerprint density at radius 3 is 2.52 bits per heavy atom. The monoisotopic (exact) mass is 295 g/mol. The van der Waals surface area contributed by atoms with Crippen molar-refractivity contribution in [3.8, 4) is 5.88 Å². The Hall–Kier alpha value is -2.31. The van der Waals surface area contributed by atoms with Crippen molar-refractivity contribution in [3.63, 3.8) is 0 Å². The second kappa shape index (κ2) is 8.08. The van der Waals surface area contributed by atoms with Gasteiger partial charge in [0.1, 0.15) is 6.04 Å². The molecule has 0 aliphatic rings. The molecule has 0 aliphatic carbocycles. The molecule has 0 radical (unpaired) electrons. The van der Waals surface area contributed by atoms with Crippen molar-refractivity contribution in [3.05, 3.63) is 18.3 Å². The van der Waals surface area contributed by atoms with Crippen LogP contribution in [0, 0.1) is 5.92 Å². The topological polar surface area (TPSA) is 89.5 Å². The van der Waals surface area contributed by atoms with Crippen LogP contribution < -0.4 is 15.4 Å². The van der Waals surface area contributed by atoms with Gasteiger partial charge in [0, 0.05) is 6.07 Å². The van der Waals surface area contributed by atoms with Crippen molar-refractivity contribution in [1.82, 2.24) is 10.3 Å². The van der Waals surface area contributed by atoms with Crippen LogP contribution in [0.15, 0.2) is 18.3 Å². The molecule has 1 atom stereocenters. The first-order chi connectivity index (χ1) is 9.97. The van der Waals surface area contributed by atoms with Gasteiger partial charge in [-0.15, -0.1) is 0 Å². The van der Waals surface area contributed by atoms with Crippen molar-refractivity contribution in [2.24, 2.45) is 5.92 Å². The van der Waals surface area contributed by atoms with Crippen LogP contribution in [0.25, 0.3) is 0 Å². The number of pyridine rings is 1. The molecular formula is C14H21N3O4. The number of nitrogens with one attached hydrogen (secondary N) is 2. The van der Waals surface area contributed by atoms with Crippen LogP contribution in [-0.2, 0) is 9.53 Å². The van der Waals surface area contributed by atoms with Crippen LogP contribution in [0.5, 0.6) is 5.88 Å². The summed E-state index contributed by atoms with van der Waals surface area (Å²) >= 11 is 0. The minimum Gasteiger partial charge on any atom is -0.481 e. The molecule has 0 saturated carbocycles. The molecule has 7 heteroatoms. The van der Waals surface area contributed by atoms with E-state index in [1.54, 1.807) is 19.1 Å². The highest BCUT2D eigenvalue weighted by Gasteiger charge is 2.24. The summed E-state index contributed by atoms with van der Waals surface area (Å²) in [5.41, 5.74) is 0.525. The molecule has 0 saturated heterocycles. The highest BCUT2D eigenvalue weighted by molar-refractivity contribution is 5.96. The lowest BCUT2D eigenvalue weighted by molar-refractivity contribution is -0.119. The highest BCUT2D eigenvalue weighted by atomic mass is 16.5. The molecule has 21 heavy (non-hydrogen) atoms. The number of amides is 2. The average molecular weight is 295 g/mol. The highest BCUT2D eigenvalue weighted by Crippen LogP contribution is 2.12. The lowest BCUT2D eigenvalue weighted by Crippen LogP contribution is -2.47. The first-order valence-electron chi connectivity index (χ1n) is 6.72. The molecule has 0 aliphatic heterocycles. The van der Waals surface area contributed by atoms with E-state index in [1.165, 1.54) is 13.3 Å². The largest absolute Gasteiger partial charge is 0.481 e. The number of carbonyl (C=O) groups excluding carboxylic acids is 2. The van der Waals surface area contributed by atoms with Gasteiger partial charge in [-0.2, -0.15) is 0 Å². The summed E-state index contributed by atoms with van der Waals surface area (Å²) in [6.45, 7) is 5.62. The number of rotatable bonds is 6. The minimum atomic E-state index is -0.689. The molecule has 7 nitrogen and oxygen atoms in total. The lowest BCUT2D eigenvalue weighted by Gasteiger charge is -2.21. The molecular weight excluding hydrogens is 274 g/mol. The van der Waals surface area contributed by atoms with E-state index in [-0.39, 0.29) is 18.4 Å². The molecule has 1 aromatic heterocycles. The molecule has 1 heterocycles. The molecule has 0 unspecified atom stereocenters. The minimum absolute atomic E-state index is 0.0828. The SMILES string of the molecule is CCOC(=O)N[C@@H](C(=O)Nc1ccc(OC)nc1)C(C)C. The molecule has 1 rings (SSSR count). The Labute approximate surface area is 124 Å². The summed E-state index contributed by atoms with van der Waals surface area (Å²) in [6.07, 6.45) is 0.873. The van der Waals surface area contributed by atoms with Gasteiger partial charge in [-0.05, 0) is 18.9 Å². The van der Waals surface area contributed by atoms with Crippen molar-refractivity contribution < 1.29 is 19.1 Å². The summed E-state index contributed by atoms with van der Waals surface area (Å²) in [4.78, 5) is 27.7. The van der Waals surface area contributed by atoms with Crippen molar-refractivity contribution in [2.45, 2.75) is 26.8 Å². The summed E-state index contributed by atoms with van der Waals surface area (Å²) < 4.78 is 9.74. The van der Waals surface area contributed by atoms with Crippen molar-refractivity contribution >= 4 is 17.7 Å². The number of carbonyl (C=O) groups is 2. The van der Waals surface area contributed by atoms with Gasteiger partial charge >= 0.3 is 6.09 Å². The van der Waals surface area contributed by atoms with E-state index in [9.17, 15) is 9.59 Å². The van der Waals surface area contributed by atoms with Crippen LogP contribution in [0.2, 0.25) is 0 Å². The molecule has 0 fully saturated rings. The third kappa shape index (κ3) is 5.29. The molecule has 0 bridgehead atoms. The van der Waals surface area contributed by atoms with Crippen LogP contribution in [-0.4, -0.2) is 36.7 Å². The number of ether oxygens (including phenoxy) is 2. The van der Waals surface area contributed by atoms with Crippen LogP contribution in [0.4, 0.5) is 10.5 Å². The number of anilines is 1. The van der Waals surface area contributed by atoms with Gasteiger partial charge in [-0.3, -0.25) is 4.79 Å². The number of methoxy groups -OCH3 is 1. The van der Waals surface area contributed by atoms with Crippen LogP contribution in [0.3, 0.4) is 0 Å². The Bertz CT molecular complexity index is 474. The molecule has 0 spiro atoms. The second-order valence-corrected chi connectivity index (χ2v) is 4.66. The van der Waals surface area contributed by atoms with E-state index in [4.69, 9.17) is 9.47 Å². The van der Waals surface area contributed by atoms with E-state index in [0.29, 0.717) is 11.6 Å². The fourth-order valence-electron chi connectivity index (χ4n) is 1.63. The third-order valence-corrected chi connectivity index (χ3v) is 2.71. The van der Waals surface area contributed by atoms with E-state index in [2.05, 4.69) is 15.6 Å². The average Bonchev–Trinajstić information content (AvgIpc) is 2.45. The van der Waals surface area contributed by atoms with Crippen LogP contribution >= 0.6 is 0 Å². The fraction of sp³-hybridized carbons (Fsp3) is 0.500. The first-order valence-corrected chi connectivity index (χ1v) is 6.72. The molecule has 2 N–H and O–H groups in total. The standard InChI is InChI=1S/C14H21N3O4/c1-5-21-14(19)17-12(9(2)3)13(18)16-10-6-7-11(20-4)15-8-10/h6-9,12H,5H2,1-4H3,(H,16,18)(H,17,19)/t12-/m1/s1. The molecule has 1 aromatic rings. The van der Waals surface area contributed by atoms with Gasteiger partial charge in [0.25, 0.3) is 0 Å². The smallest absolute Gasteiger partial charge is 0.407 e. The number of alkyl carbamates (subject to hydrolysis) is 1. The first kappa shape index (κ1) is 16.7. The van der Waals surface area contributed by atoms with Gasteiger partial charge in [-0.1, -0.05) is 13.8 Å². The third-order valence-electron chi connectivity index (χ3n) is 2.71. The Kier molecular flexibility index (Phi) is 6.45. The Morgan fingerprint density at radius 1 is 1.33 bits per heavy atom. The van der Waals surface area contributed by atoms with Gasteiger partial charge in [-0.25, -0.2) is 9.78 Å². The van der Waals surface area contributed by atoms with Gasteiger partial charge in [0.2, 0.25) is 11.8 Å². The lowest BCUT2D eigenvalue weighted by atomic mass is 10.0. The molecule has 116 valence electrons. The van der Waals surface area contributed by atoms with Crippen LogP contribution in [0.1, 0.15) is 20.8 Å². The zero-order valence-corrected chi connectivity index (χ0v) is 12.7. The maximum Gasteiger partial charge on any atom is 0.407 e. The zero-order valence-electron chi connectivity index (χ0n) is 12.7. The summed E-state index contributed by atoms with van der Waals surface area (Å²) in [5.74, 6) is 0.0451. The zero-order chi connectivity index (χ0) is 15.8. The quantitative estimate of drug-likeness (QED) is 0.835. The van der Waals surface area contributed by atoms with E-state index in [1.807, 2.05) is 13.8 Å². The molecule has 2 amide bonds. The summed E-state index contributed by atoms with van der Waals surface area (Å²) in [6, 6.07) is 2.62. The van der Waals surface area contributed by atoms with Gasteiger partial charge in [0.05, 0.1) is 25.6 Å². The Morgan fingerprint density at radius 2 is 2.05 bits per heavy atom. The number of aromatic nitrogens is 1. The number of hydrogen-bond donors (Lipinski definition) is 2. The maximum absolute atomic E-state index is 12.2. The van der Waals surface area contributed by atoms with E-state index >= 15 is 0 Å². The number of nitrogens with zero attached hydrogens (tertiary/aromatic N) is 1. The van der Waals surface area contributed by atoms with Gasteiger partial charge < -0.3 is 20.1 Å². The second-order valence-electron chi connectivity index (χ2n) is 4.66. The summed E-state index contributed by atoms with van der Waals surface area (Å²) in [7, 11) is 1.51.